The Balaban J connectivity index is 2.40. The highest BCUT2D eigenvalue weighted by Gasteiger charge is 2.12. The van der Waals surface area contributed by atoms with E-state index in [1.807, 2.05) is 30.3 Å². The average molecular weight is 248 g/mol. The molecule has 0 N–H and O–H groups in total. The lowest BCUT2D eigenvalue weighted by molar-refractivity contribution is 0.0606. The van der Waals surface area contributed by atoms with E-state index >= 15 is 0 Å². The molecule has 4 heteroatoms. The van der Waals surface area contributed by atoms with Crippen LogP contribution < -0.4 is 4.74 Å². The standard InChI is InChI=1S/C13H12O3S/c1-15-10-6-4-3-5-9(10)11-7-8-12(17-11)13(14)16-2/h3-8H,1-2H3. The lowest BCUT2D eigenvalue weighted by atomic mass is 10.1. The molecular weight excluding hydrogens is 236 g/mol. The van der Waals surface area contributed by atoms with E-state index in [-0.39, 0.29) is 5.97 Å². The lowest BCUT2D eigenvalue weighted by Gasteiger charge is -2.05. The van der Waals surface area contributed by atoms with Crippen molar-refractivity contribution in [1.82, 2.24) is 0 Å². The number of methoxy groups -OCH3 is 2. The van der Waals surface area contributed by atoms with Gasteiger partial charge >= 0.3 is 5.97 Å². The summed E-state index contributed by atoms with van der Waals surface area (Å²) in [4.78, 5) is 12.9. The smallest absolute Gasteiger partial charge is 0.348 e. The van der Waals surface area contributed by atoms with E-state index in [1.54, 1.807) is 13.2 Å². The van der Waals surface area contributed by atoms with Crippen LogP contribution in [0, 0.1) is 0 Å². The highest BCUT2D eigenvalue weighted by Crippen LogP contribution is 2.34. The van der Waals surface area contributed by atoms with Crippen molar-refractivity contribution in [1.29, 1.82) is 0 Å². The van der Waals surface area contributed by atoms with Crippen LogP contribution in [0.1, 0.15) is 9.67 Å². The van der Waals surface area contributed by atoms with Gasteiger partial charge in [-0.25, -0.2) is 4.79 Å². The Morgan fingerprint density at radius 3 is 2.59 bits per heavy atom. The number of carbonyl (C=O) groups is 1. The van der Waals surface area contributed by atoms with Gasteiger partial charge in [-0.2, -0.15) is 0 Å². The molecule has 1 aromatic heterocycles. The summed E-state index contributed by atoms with van der Waals surface area (Å²) in [6, 6.07) is 11.4. The molecule has 1 heterocycles. The number of esters is 1. The minimum Gasteiger partial charge on any atom is -0.496 e. The van der Waals surface area contributed by atoms with Crippen molar-refractivity contribution in [2.24, 2.45) is 0 Å². The third-order valence-electron chi connectivity index (χ3n) is 2.37. The largest absolute Gasteiger partial charge is 0.496 e. The number of hydrogen-bond donors (Lipinski definition) is 0. The molecule has 0 saturated heterocycles. The Labute approximate surface area is 104 Å². The predicted molar refractivity (Wildman–Crippen MR) is 67.6 cm³/mol. The van der Waals surface area contributed by atoms with E-state index in [0.717, 1.165) is 16.2 Å². The summed E-state index contributed by atoms with van der Waals surface area (Å²) in [7, 11) is 3.01. The SMILES string of the molecule is COC(=O)c1ccc(-c2ccccc2OC)s1. The van der Waals surface area contributed by atoms with Crippen molar-refractivity contribution >= 4 is 17.3 Å². The summed E-state index contributed by atoms with van der Waals surface area (Å²) in [5.41, 5.74) is 0.982. The van der Waals surface area contributed by atoms with Gasteiger partial charge in [-0.15, -0.1) is 11.3 Å². The Hall–Kier alpha value is -1.81. The Bertz CT molecular complexity index is 531. The highest BCUT2D eigenvalue weighted by atomic mass is 32.1. The first kappa shape index (κ1) is 11.7. The molecule has 0 saturated carbocycles. The second kappa shape index (κ2) is 5.01. The topological polar surface area (TPSA) is 35.5 Å². The summed E-state index contributed by atoms with van der Waals surface area (Å²) in [5.74, 6) is 0.488. The zero-order valence-corrected chi connectivity index (χ0v) is 10.4. The van der Waals surface area contributed by atoms with Crippen LogP contribution in [0.15, 0.2) is 36.4 Å². The van der Waals surface area contributed by atoms with Gasteiger partial charge in [0.15, 0.2) is 0 Å². The number of benzene rings is 1. The molecule has 0 fully saturated rings. The van der Waals surface area contributed by atoms with E-state index < -0.39 is 0 Å². The minimum atomic E-state index is -0.309. The van der Waals surface area contributed by atoms with Crippen LogP contribution in [0.5, 0.6) is 5.75 Å². The molecule has 88 valence electrons. The van der Waals surface area contributed by atoms with Crippen molar-refractivity contribution in [2.75, 3.05) is 14.2 Å². The summed E-state index contributed by atoms with van der Waals surface area (Å²) in [6.07, 6.45) is 0. The summed E-state index contributed by atoms with van der Waals surface area (Å²) in [6.45, 7) is 0. The lowest BCUT2D eigenvalue weighted by Crippen LogP contribution is -1.96. The van der Waals surface area contributed by atoms with Gasteiger partial charge in [0.05, 0.1) is 14.2 Å². The van der Waals surface area contributed by atoms with Crippen molar-refractivity contribution in [2.45, 2.75) is 0 Å². The van der Waals surface area contributed by atoms with E-state index in [9.17, 15) is 4.79 Å². The number of hydrogen-bond acceptors (Lipinski definition) is 4. The summed E-state index contributed by atoms with van der Waals surface area (Å²) >= 11 is 1.39. The van der Waals surface area contributed by atoms with Gasteiger partial charge < -0.3 is 9.47 Å². The number of para-hydroxylation sites is 1. The molecule has 3 nitrogen and oxygen atoms in total. The van der Waals surface area contributed by atoms with Crippen molar-refractivity contribution < 1.29 is 14.3 Å². The van der Waals surface area contributed by atoms with E-state index in [4.69, 9.17) is 4.74 Å². The van der Waals surface area contributed by atoms with Crippen LogP contribution in [0.25, 0.3) is 10.4 Å². The average Bonchev–Trinajstić information content (AvgIpc) is 2.87. The maximum atomic E-state index is 11.4. The molecule has 2 aromatic rings. The van der Waals surface area contributed by atoms with Gasteiger partial charge in [0.1, 0.15) is 10.6 Å². The first-order chi connectivity index (χ1) is 8.26. The van der Waals surface area contributed by atoms with Gasteiger partial charge in [0, 0.05) is 10.4 Å². The summed E-state index contributed by atoms with van der Waals surface area (Å²) in [5, 5.41) is 0. The molecule has 0 unspecified atom stereocenters. The van der Waals surface area contributed by atoms with Gasteiger partial charge in [-0.3, -0.25) is 0 Å². The Morgan fingerprint density at radius 1 is 1.12 bits per heavy atom. The predicted octanol–water partition coefficient (Wildman–Crippen LogP) is 3.21. The molecule has 0 spiro atoms. The highest BCUT2D eigenvalue weighted by molar-refractivity contribution is 7.17. The summed E-state index contributed by atoms with van der Waals surface area (Å²) < 4.78 is 9.97. The third kappa shape index (κ3) is 2.31. The monoisotopic (exact) mass is 248 g/mol. The first-order valence-electron chi connectivity index (χ1n) is 5.08. The first-order valence-corrected chi connectivity index (χ1v) is 5.89. The van der Waals surface area contributed by atoms with E-state index in [1.165, 1.54) is 18.4 Å². The molecule has 0 bridgehead atoms. The van der Waals surface area contributed by atoms with Crippen LogP contribution in [0.3, 0.4) is 0 Å². The van der Waals surface area contributed by atoms with Crippen LogP contribution in [-0.2, 0) is 4.74 Å². The minimum absolute atomic E-state index is 0.309. The third-order valence-corrected chi connectivity index (χ3v) is 3.46. The quantitative estimate of drug-likeness (QED) is 0.782. The Kier molecular flexibility index (Phi) is 3.44. The number of rotatable bonds is 3. The maximum Gasteiger partial charge on any atom is 0.348 e. The van der Waals surface area contributed by atoms with Crippen LogP contribution >= 0.6 is 11.3 Å². The van der Waals surface area contributed by atoms with Gasteiger partial charge in [-0.05, 0) is 24.3 Å². The maximum absolute atomic E-state index is 11.4. The van der Waals surface area contributed by atoms with Crippen molar-refractivity contribution in [3.05, 3.63) is 41.3 Å². The molecule has 1 aromatic carbocycles. The van der Waals surface area contributed by atoms with Gasteiger partial charge in [0.2, 0.25) is 0 Å². The zero-order chi connectivity index (χ0) is 12.3. The normalized spacial score (nSPS) is 10.0. The Morgan fingerprint density at radius 2 is 1.88 bits per heavy atom. The number of thiophene rings is 1. The molecule has 0 aliphatic heterocycles. The fraction of sp³-hybridized carbons (Fsp3) is 0.154. The fourth-order valence-electron chi connectivity index (χ4n) is 1.54. The second-order valence-electron chi connectivity index (χ2n) is 3.36. The fourth-order valence-corrected chi connectivity index (χ4v) is 2.50. The molecule has 2 rings (SSSR count). The molecule has 0 radical (unpaired) electrons. The van der Waals surface area contributed by atoms with Crippen LogP contribution in [-0.4, -0.2) is 20.2 Å². The number of carbonyl (C=O) groups excluding carboxylic acids is 1. The molecule has 17 heavy (non-hydrogen) atoms. The van der Waals surface area contributed by atoms with Gasteiger partial charge in [-0.1, -0.05) is 12.1 Å². The molecule has 0 atom stereocenters. The van der Waals surface area contributed by atoms with Crippen molar-refractivity contribution in [3.63, 3.8) is 0 Å². The number of ether oxygens (including phenoxy) is 2. The van der Waals surface area contributed by atoms with Gasteiger partial charge in [0.25, 0.3) is 0 Å². The van der Waals surface area contributed by atoms with Crippen LogP contribution in [0.2, 0.25) is 0 Å². The van der Waals surface area contributed by atoms with Crippen molar-refractivity contribution in [3.8, 4) is 16.2 Å². The molecule has 0 aliphatic carbocycles. The zero-order valence-electron chi connectivity index (χ0n) is 9.60. The second-order valence-corrected chi connectivity index (χ2v) is 4.44. The van der Waals surface area contributed by atoms with Crippen LogP contribution in [0.4, 0.5) is 0 Å². The van der Waals surface area contributed by atoms with E-state index in [0.29, 0.717) is 4.88 Å². The van der Waals surface area contributed by atoms with E-state index in [2.05, 4.69) is 4.74 Å². The molecular formula is C13H12O3S. The molecule has 0 amide bonds. The molecule has 0 aliphatic rings.